The van der Waals surface area contributed by atoms with Crippen molar-refractivity contribution in [2.24, 2.45) is 0 Å². The highest BCUT2D eigenvalue weighted by molar-refractivity contribution is 6.33. The first-order valence-corrected chi connectivity index (χ1v) is 13.2. The molecule has 0 aliphatic heterocycles. The van der Waals surface area contributed by atoms with Crippen LogP contribution in [0.4, 0.5) is 27.8 Å². The number of amides is 1. The van der Waals surface area contributed by atoms with Crippen LogP contribution in [0.1, 0.15) is 72.6 Å². The topological polar surface area (TPSA) is 104 Å². The summed E-state index contributed by atoms with van der Waals surface area (Å²) in [4.78, 5) is 49.9. The Morgan fingerprint density at radius 2 is 1.44 bits per heavy atom. The first kappa shape index (κ1) is 31.1. The SMILES string of the molecule is O=C(O)CCNC(=O)c1ccc(C(=O)/C(=C\C(=O)c2cc(N(F)F)cc(C(F)(F)F)c2)c2ccc3c(c2)CCCC3)cc1. The number of benzene rings is 3. The van der Waals surface area contributed by atoms with Crippen LogP contribution < -0.4 is 10.7 Å². The van der Waals surface area contributed by atoms with E-state index < -0.39 is 51.8 Å². The molecule has 0 bridgehead atoms. The molecule has 0 saturated carbocycles. The number of alkyl halides is 3. The van der Waals surface area contributed by atoms with Crippen LogP contribution in [-0.2, 0) is 23.8 Å². The molecule has 0 aromatic heterocycles. The molecule has 4 rings (SSSR count). The van der Waals surface area contributed by atoms with Crippen LogP contribution in [0.2, 0.25) is 0 Å². The average Bonchev–Trinajstić information content (AvgIpc) is 2.98. The number of Topliss-reactive ketones (excluding diaryl/α,β-unsaturated/α-hetero) is 1. The summed E-state index contributed by atoms with van der Waals surface area (Å²) in [5.41, 5.74) is -0.950. The number of allylic oxidation sites excluding steroid dienone is 2. The maximum Gasteiger partial charge on any atom is 0.416 e. The van der Waals surface area contributed by atoms with E-state index in [4.69, 9.17) is 5.11 Å². The lowest BCUT2D eigenvalue weighted by Crippen LogP contribution is -2.26. The second-order valence-electron chi connectivity index (χ2n) is 9.92. The molecule has 0 unspecified atom stereocenters. The monoisotopic (exact) mass is 600 g/mol. The lowest BCUT2D eigenvalue weighted by atomic mass is 9.87. The van der Waals surface area contributed by atoms with Crippen molar-refractivity contribution in [2.45, 2.75) is 38.3 Å². The van der Waals surface area contributed by atoms with Gasteiger partial charge in [-0.25, -0.2) is 0 Å². The number of fused-ring (bicyclic) bond motifs is 1. The highest BCUT2D eigenvalue weighted by Crippen LogP contribution is 2.34. The highest BCUT2D eigenvalue weighted by Gasteiger charge is 2.32. The fourth-order valence-electron chi connectivity index (χ4n) is 4.72. The number of rotatable bonds is 10. The Morgan fingerprint density at radius 3 is 2.07 bits per heavy atom. The molecule has 2 N–H and O–H groups in total. The largest absolute Gasteiger partial charge is 0.481 e. The number of ketones is 2. The number of nitrogens with zero attached hydrogens (tertiary/aromatic N) is 1. The number of aryl methyl sites for hydroxylation is 2. The minimum atomic E-state index is -5.01. The van der Waals surface area contributed by atoms with Gasteiger partial charge in [-0.3, -0.25) is 19.2 Å². The Balaban J connectivity index is 1.73. The van der Waals surface area contributed by atoms with Crippen molar-refractivity contribution in [3.8, 4) is 0 Å². The number of hydrogen-bond acceptors (Lipinski definition) is 5. The minimum Gasteiger partial charge on any atom is -0.481 e. The molecule has 0 spiro atoms. The Hall–Kier alpha value is -4.87. The number of halogens is 5. The summed E-state index contributed by atoms with van der Waals surface area (Å²) in [6.45, 7) is -0.109. The van der Waals surface area contributed by atoms with E-state index in [1.54, 1.807) is 12.1 Å². The van der Waals surface area contributed by atoms with E-state index in [0.29, 0.717) is 17.7 Å². The molecular formula is C31H25F5N2O5. The second-order valence-corrected chi connectivity index (χ2v) is 9.92. The van der Waals surface area contributed by atoms with Gasteiger partial charge < -0.3 is 10.4 Å². The summed E-state index contributed by atoms with van der Waals surface area (Å²) in [5.74, 6) is -3.45. The first-order valence-electron chi connectivity index (χ1n) is 13.2. The predicted molar refractivity (Wildman–Crippen MR) is 147 cm³/mol. The quantitative estimate of drug-likeness (QED) is 0.119. The normalized spacial score (nSPS) is 13.2. The van der Waals surface area contributed by atoms with E-state index in [0.717, 1.165) is 42.9 Å². The van der Waals surface area contributed by atoms with Crippen LogP contribution >= 0.6 is 0 Å². The molecule has 1 amide bonds. The molecule has 7 nitrogen and oxygen atoms in total. The third kappa shape index (κ3) is 7.70. The van der Waals surface area contributed by atoms with Crippen molar-refractivity contribution in [3.05, 3.63) is 106 Å². The Bertz CT molecular complexity index is 1600. The van der Waals surface area contributed by atoms with Gasteiger partial charge in [-0.15, -0.1) is 0 Å². The van der Waals surface area contributed by atoms with Gasteiger partial charge in [-0.1, -0.05) is 39.3 Å². The van der Waals surface area contributed by atoms with Crippen molar-refractivity contribution < 1.29 is 46.4 Å². The second kappa shape index (κ2) is 13.0. The molecular weight excluding hydrogens is 575 g/mol. The Kier molecular flexibility index (Phi) is 9.37. The minimum absolute atomic E-state index is 0.0438. The smallest absolute Gasteiger partial charge is 0.416 e. The molecule has 3 aromatic rings. The summed E-state index contributed by atoms with van der Waals surface area (Å²) >= 11 is 0. The van der Waals surface area contributed by atoms with Gasteiger partial charge in [0.05, 0.1) is 12.0 Å². The summed E-state index contributed by atoms with van der Waals surface area (Å²) in [7, 11) is 0. The lowest BCUT2D eigenvalue weighted by molar-refractivity contribution is -0.138. The Labute approximate surface area is 242 Å². The molecule has 1 aliphatic carbocycles. The molecule has 0 saturated heterocycles. The van der Waals surface area contributed by atoms with Crippen LogP contribution in [0.3, 0.4) is 0 Å². The number of anilines is 1. The number of nitrogens with one attached hydrogen (secondary N) is 1. The van der Waals surface area contributed by atoms with Gasteiger partial charge >= 0.3 is 12.1 Å². The van der Waals surface area contributed by atoms with Crippen molar-refractivity contribution in [2.75, 3.05) is 11.9 Å². The summed E-state index contributed by atoms with van der Waals surface area (Å²) in [6, 6.07) is 11.7. The van der Waals surface area contributed by atoms with Gasteiger partial charge in [0.15, 0.2) is 11.6 Å². The Morgan fingerprint density at radius 1 is 0.814 bits per heavy atom. The average molecular weight is 601 g/mol. The van der Waals surface area contributed by atoms with Gasteiger partial charge in [0.1, 0.15) is 5.69 Å². The molecule has 3 aromatic carbocycles. The highest BCUT2D eigenvalue weighted by atomic mass is 19.4. The van der Waals surface area contributed by atoms with E-state index >= 15 is 0 Å². The number of carboxylic acid groups (broad SMARTS) is 1. The molecule has 0 radical (unpaired) electrons. The molecule has 0 fully saturated rings. The molecule has 0 atom stereocenters. The fraction of sp³-hybridized carbons (Fsp3) is 0.226. The van der Waals surface area contributed by atoms with Crippen LogP contribution in [0.25, 0.3) is 5.57 Å². The van der Waals surface area contributed by atoms with Gasteiger partial charge in [-0.2, -0.15) is 13.2 Å². The van der Waals surface area contributed by atoms with Gasteiger partial charge in [0.2, 0.25) is 0 Å². The van der Waals surface area contributed by atoms with Crippen LogP contribution in [-0.4, -0.2) is 35.1 Å². The number of carbonyl (C=O) groups excluding carboxylic acids is 3. The molecule has 43 heavy (non-hydrogen) atoms. The third-order valence-electron chi connectivity index (χ3n) is 6.94. The summed E-state index contributed by atoms with van der Waals surface area (Å²) in [5, 5.41) is 9.62. The third-order valence-corrected chi connectivity index (χ3v) is 6.94. The summed E-state index contributed by atoms with van der Waals surface area (Å²) < 4.78 is 66.7. The zero-order valence-electron chi connectivity index (χ0n) is 22.5. The lowest BCUT2D eigenvalue weighted by Gasteiger charge is -2.17. The van der Waals surface area contributed by atoms with E-state index in [1.807, 2.05) is 6.07 Å². The first-order chi connectivity index (χ1) is 20.3. The zero-order chi connectivity index (χ0) is 31.3. The van der Waals surface area contributed by atoms with Crippen molar-refractivity contribution >= 4 is 34.7 Å². The predicted octanol–water partition coefficient (Wildman–Crippen LogP) is 6.51. The van der Waals surface area contributed by atoms with Crippen molar-refractivity contribution in [1.82, 2.24) is 5.32 Å². The molecule has 12 heteroatoms. The van der Waals surface area contributed by atoms with Gasteiger partial charge in [0, 0.05) is 28.8 Å². The van der Waals surface area contributed by atoms with Gasteiger partial charge in [0.25, 0.3) is 5.91 Å². The number of hydrogen-bond donors (Lipinski definition) is 2. The van der Waals surface area contributed by atoms with Crippen LogP contribution in [0.5, 0.6) is 0 Å². The molecule has 0 heterocycles. The molecule has 224 valence electrons. The van der Waals surface area contributed by atoms with E-state index in [1.165, 1.54) is 24.3 Å². The number of aliphatic carboxylic acids is 1. The molecule has 1 aliphatic rings. The fourth-order valence-corrected chi connectivity index (χ4v) is 4.72. The van der Waals surface area contributed by atoms with Gasteiger partial charge in [-0.05, 0) is 84.1 Å². The number of carboxylic acids is 1. The maximum absolute atomic E-state index is 13.7. The van der Waals surface area contributed by atoms with E-state index in [2.05, 4.69) is 5.32 Å². The van der Waals surface area contributed by atoms with Crippen LogP contribution in [0, 0.1) is 0 Å². The van der Waals surface area contributed by atoms with E-state index in [9.17, 15) is 41.3 Å². The maximum atomic E-state index is 13.7. The summed E-state index contributed by atoms with van der Waals surface area (Å²) in [6.07, 6.45) is -1.01. The standard InChI is InChI=1S/C31H25F5N2O5/c32-31(33,34)24-14-23(15-25(16-24)38(35)36)27(39)17-26(22-10-5-18-3-1-2-4-21(18)13-22)29(42)19-6-8-20(9-7-19)30(43)37-12-11-28(40)41/h5-10,13-17H,1-4,11-12H2,(H,37,43)(H,40,41)/b26-17-. The van der Waals surface area contributed by atoms with Crippen molar-refractivity contribution in [3.63, 3.8) is 0 Å². The van der Waals surface area contributed by atoms with Crippen LogP contribution in [0.15, 0.2) is 66.7 Å². The van der Waals surface area contributed by atoms with E-state index in [-0.39, 0.29) is 35.7 Å². The zero-order valence-corrected chi connectivity index (χ0v) is 22.5. The number of carbonyl (C=O) groups is 4. The van der Waals surface area contributed by atoms with Crippen molar-refractivity contribution in [1.29, 1.82) is 0 Å².